The van der Waals surface area contributed by atoms with Crippen molar-refractivity contribution in [1.82, 2.24) is 10.2 Å². The zero-order valence-corrected chi connectivity index (χ0v) is 11.9. The number of thioether (sulfide) groups is 1. The van der Waals surface area contributed by atoms with Crippen LogP contribution in [0.25, 0.3) is 0 Å². The number of nitro groups is 1. The number of hydrogen-bond acceptors (Lipinski definition) is 5. The van der Waals surface area contributed by atoms with E-state index in [1.54, 1.807) is 23.9 Å². The van der Waals surface area contributed by atoms with Gasteiger partial charge in [0.25, 0.3) is 11.6 Å². The van der Waals surface area contributed by atoms with Gasteiger partial charge in [-0.2, -0.15) is 11.8 Å². The Morgan fingerprint density at radius 3 is 2.62 bits per heavy atom. The minimum atomic E-state index is -0.747. The number of carbonyl (C=O) groups excluding carboxylic acids is 2. The Balaban J connectivity index is 1.77. The van der Waals surface area contributed by atoms with Crippen LogP contribution in [0.2, 0.25) is 0 Å². The van der Waals surface area contributed by atoms with Crippen LogP contribution in [-0.2, 0) is 11.3 Å². The smallest absolute Gasteiger partial charge is 0.322 e. The average molecular weight is 307 g/mol. The van der Waals surface area contributed by atoms with Crippen LogP contribution in [0.3, 0.4) is 0 Å². The predicted molar refractivity (Wildman–Crippen MR) is 76.9 cm³/mol. The number of imide groups is 1. The van der Waals surface area contributed by atoms with Crippen molar-refractivity contribution in [2.45, 2.75) is 18.5 Å². The van der Waals surface area contributed by atoms with Crippen LogP contribution < -0.4 is 5.32 Å². The number of nitro benzene ring substituents is 1. The van der Waals surface area contributed by atoms with Crippen molar-refractivity contribution in [1.29, 1.82) is 0 Å². The Hall–Kier alpha value is -2.09. The fourth-order valence-electron chi connectivity index (χ4n) is 2.56. The summed E-state index contributed by atoms with van der Waals surface area (Å²) in [6, 6.07) is 5.48. The molecule has 1 spiro atoms. The van der Waals surface area contributed by atoms with Gasteiger partial charge in [0.1, 0.15) is 5.54 Å². The third-order valence-corrected chi connectivity index (χ3v) is 4.95. The molecule has 0 radical (unpaired) electrons. The summed E-state index contributed by atoms with van der Waals surface area (Å²) in [7, 11) is 0. The highest BCUT2D eigenvalue weighted by atomic mass is 32.2. The van der Waals surface area contributed by atoms with Crippen LogP contribution in [0.15, 0.2) is 24.3 Å². The monoisotopic (exact) mass is 307 g/mol. The van der Waals surface area contributed by atoms with E-state index >= 15 is 0 Å². The standard InChI is InChI=1S/C13H13N3O4S/c17-11-13(5-6-21-8-13)14-12(18)15(11)7-9-1-3-10(4-2-9)16(19)20/h1-4H,5-8H2,(H,14,18). The zero-order valence-electron chi connectivity index (χ0n) is 11.1. The molecule has 1 unspecified atom stereocenters. The molecular formula is C13H13N3O4S. The number of hydrogen-bond donors (Lipinski definition) is 1. The summed E-state index contributed by atoms with van der Waals surface area (Å²) < 4.78 is 0. The van der Waals surface area contributed by atoms with Gasteiger partial charge >= 0.3 is 6.03 Å². The molecule has 2 aliphatic rings. The third kappa shape index (κ3) is 2.35. The van der Waals surface area contributed by atoms with Gasteiger partial charge in [-0.15, -0.1) is 0 Å². The first-order chi connectivity index (χ1) is 10.0. The SMILES string of the molecule is O=C1NC2(CCSC2)C(=O)N1Cc1ccc([N+](=O)[O-])cc1. The minimum Gasteiger partial charge on any atom is -0.322 e. The second kappa shape index (κ2) is 5.03. The van der Waals surface area contributed by atoms with E-state index in [2.05, 4.69) is 5.32 Å². The number of non-ortho nitro benzene ring substituents is 1. The van der Waals surface area contributed by atoms with Crippen LogP contribution >= 0.6 is 11.8 Å². The first-order valence-corrected chi connectivity index (χ1v) is 7.62. The van der Waals surface area contributed by atoms with Gasteiger partial charge in [0.05, 0.1) is 11.5 Å². The summed E-state index contributed by atoms with van der Waals surface area (Å²) in [5.74, 6) is 1.27. The molecule has 2 heterocycles. The van der Waals surface area contributed by atoms with Crippen molar-refractivity contribution in [2.75, 3.05) is 11.5 Å². The lowest BCUT2D eigenvalue weighted by Crippen LogP contribution is -2.46. The van der Waals surface area contributed by atoms with E-state index in [9.17, 15) is 19.7 Å². The van der Waals surface area contributed by atoms with E-state index in [4.69, 9.17) is 0 Å². The number of nitrogens with zero attached hydrogens (tertiary/aromatic N) is 2. The Bertz CT molecular complexity index is 610. The quantitative estimate of drug-likeness (QED) is 0.519. The number of nitrogens with one attached hydrogen (secondary N) is 1. The second-order valence-corrected chi connectivity index (χ2v) is 6.23. The highest BCUT2D eigenvalue weighted by Gasteiger charge is 2.52. The lowest BCUT2D eigenvalue weighted by molar-refractivity contribution is -0.384. The maximum atomic E-state index is 12.4. The Labute approximate surface area is 124 Å². The molecule has 2 aliphatic heterocycles. The van der Waals surface area contributed by atoms with E-state index in [0.717, 1.165) is 5.75 Å². The van der Waals surface area contributed by atoms with E-state index in [0.29, 0.717) is 17.7 Å². The fourth-order valence-corrected chi connectivity index (χ4v) is 3.88. The van der Waals surface area contributed by atoms with Gasteiger partial charge in [-0.3, -0.25) is 19.8 Å². The fraction of sp³-hybridized carbons (Fsp3) is 0.385. The van der Waals surface area contributed by atoms with E-state index < -0.39 is 10.5 Å². The van der Waals surface area contributed by atoms with Gasteiger partial charge in [0, 0.05) is 17.9 Å². The van der Waals surface area contributed by atoms with Crippen molar-refractivity contribution in [3.63, 3.8) is 0 Å². The second-order valence-electron chi connectivity index (χ2n) is 5.13. The number of rotatable bonds is 3. The molecule has 110 valence electrons. The molecule has 1 aromatic rings. The van der Waals surface area contributed by atoms with Crippen molar-refractivity contribution < 1.29 is 14.5 Å². The lowest BCUT2D eigenvalue weighted by atomic mass is 9.99. The molecule has 0 saturated carbocycles. The maximum Gasteiger partial charge on any atom is 0.325 e. The van der Waals surface area contributed by atoms with Gasteiger partial charge in [0.15, 0.2) is 0 Å². The Morgan fingerprint density at radius 2 is 2.05 bits per heavy atom. The first kappa shape index (κ1) is 13.9. The summed E-state index contributed by atoms with van der Waals surface area (Å²) >= 11 is 1.65. The largest absolute Gasteiger partial charge is 0.325 e. The zero-order chi connectivity index (χ0) is 15.0. The molecule has 3 rings (SSSR count). The van der Waals surface area contributed by atoms with Crippen LogP contribution in [0.5, 0.6) is 0 Å². The molecule has 0 bridgehead atoms. The van der Waals surface area contributed by atoms with Crippen LogP contribution in [0.4, 0.5) is 10.5 Å². The number of carbonyl (C=O) groups is 2. The molecule has 1 N–H and O–H groups in total. The highest BCUT2D eigenvalue weighted by molar-refractivity contribution is 7.99. The third-order valence-electron chi connectivity index (χ3n) is 3.76. The highest BCUT2D eigenvalue weighted by Crippen LogP contribution is 2.34. The van der Waals surface area contributed by atoms with Crippen LogP contribution in [0.1, 0.15) is 12.0 Å². The number of benzene rings is 1. The Morgan fingerprint density at radius 1 is 1.33 bits per heavy atom. The normalized spacial score (nSPS) is 24.7. The van der Waals surface area contributed by atoms with Gasteiger partial charge in [0.2, 0.25) is 0 Å². The average Bonchev–Trinajstić information content (AvgIpc) is 3.01. The van der Waals surface area contributed by atoms with Crippen molar-refractivity contribution >= 4 is 29.4 Å². The summed E-state index contributed by atoms with van der Waals surface area (Å²) in [6.45, 7) is 0.134. The number of amides is 3. The topological polar surface area (TPSA) is 92.6 Å². The van der Waals surface area contributed by atoms with Crippen LogP contribution in [-0.4, -0.2) is 38.8 Å². The van der Waals surface area contributed by atoms with Crippen LogP contribution in [0, 0.1) is 10.1 Å². The molecule has 0 aromatic heterocycles. The molecule has 1 aromatic carbocycles. The first-order valence-electron chi connectivity index (χ1n) is 6.47. The summed E-state index contributed by atoms with van der Waals surface area (Å²) in [4.78, 5) is 35.8. The maximum absolute atomic E-state index is 12.4. The molecule has 0 aliphatic carbocycles. The summed E-state index contributed by atoms with van der Waals surface area (Å²) in [5, 5.41) is 13.4. The van der Waals surface area contributed by atoms with E-state index in [1.165, 1.54) is 17.0 Å². The van der Waals surface area contributed by atoms with Gasteiger partial charge in [-0.1, -0.05) is 12.1 Å². The summed E-state index contributed by atoms with van der Waals surface area (Å²) in [6.07, 6.45) is 0.652. The van der Waals surface area contributed by atoms with Gasteiger partial charge in [-0.05, 0) is 17.7 Å². The molecule has 7 nitrogen and oxygen atoms in total. The molecule has 1 atom stereocenters. The van der Waals surface area contributed by atoms with Crippen molar-refractivity contribution in [2.24, 2.45) is 0 Å². The molecule has 21 heavy (non-hydrogen) atoms. The lowest BCUT2D eigenvalue weighted by Gasteiger charge is -2.19. The van der Waals surface area contributed by atoms with Crippen molar-refractivity contribution in [3.05, 3.63) is 39.9 Å². The minimum absolute atomic E-state index is 0.0142. The molecule has 3 amide bonds. The van der Waals surface area contributed by atoms with Crippen molar-refractivity contribution in [3.8, 4) is 0 Å². The predicted octanol–water partition coefficient (Wildman–Crippen LogP) is 1.52. The molecule has 2 fully saturated rings. The van der Waals surface area contributed by atoms with E-state index in [1.807, 2.05) is 0 Å². The van der Waals surface area contributed by atoms with Gasteiger partial charge in [-0.25, -0.2) is 4.79 Å². The Kier molecular flexibility index (Phi) is 3.32. The number of urea groups is 1. The van der Waals surface area contributed by atoms with E-state index in [-0.39, 0.29) is 24.2 Å². The molecule has 8 heteroatoms. The molecule has 2 saturated heterocycles. The summed E-state index contributed by atoms with van der Waals surface area (Å²) in [5.41, 5.74) is -0.0749. The molecular weight excluding hydrogens is 294 g/mol. The van der Waals surface area contributed by atoms with Gasteiger partial charge < -0.3 is 5.32 Å².